The Bertz CT molecular complexity index is 302. The highest BCUT2D eigenvalue weighted by Gasteiger charge is 2.45. The third-order valence-corrected chi connectivity index (χ3v) is 3.26. The zero-order valence-electron chi connectivity index (χ0n) is 12.8. The summed E-state index contributed by atoms with van der Waals surface area (Å²) in [7, 11) is 0. The van der Waals surface area contributed by atoms with Gasteiger partial charge in [-0.25, -0.2) is 0 Å². The second kappa shape index (κ2) is 7.23. The Kier molecular flexibility index (Phi) is 6.25. The van der Waals surface area contributed by atoms with Gasteiger partial charge in [0.25, 0.3) is 0 Å². The zero-order valence-corrected chi connectivity index (χ0v) is 12.8. The molecule has 0 aromatic carbocycles. The van der Waals surface area contributed by atoms with Gasteiger partial charge in [-0.1, -0.05) is 6.92 Å². The largest absolute Gasteiger partial charge is 0.376 e. The molecule has 1 rings (SSSR count). The minimum atomic E-state index is -0.488. The van der Waals surface area contributed by atoms with Crippen molar-refractivity contribution >= 4 is 0 Å². The van der Waals surface area contributed by atoms with Crippen LogP contribution in [-0.4, -0.2) is 37.5 Å². The van der Waals surface area contributed by atoms with Crippen LogP contribution in [-0.2, 0) is 9.47 Å². The van der Waals surface area contributed by atoms with Gasteiger partial charge < -0.3 is 9.47 Å². The molecular formula is C15H28N2O2. The van der Waals surface area contributed by atoms with Crippen LogP contribution < -0.4 is 5.32 Å². The number of nitrogens with zero attached hydrogens (tertiary/aromatic N) is 1. The Balaban J connectivity index is 2.31. The van der Waals surface area contributed by atoms with Crippen molar-refractivity contribution in [1.29, 1.82) is 5.26 Å². The Labute approximate surface area is 117 Å². The van der Waals surface area contributed by atoms with Crippen molar-refractivity contribution in [3.05, 3.63) is 0 Å². The van der Waals surface area contributed by atoms with Crippen molar-refractivity contribution in [3.8, 4) is 6.07 Å². The van der Waals surface area contributed by atoms with Gasteiger partial charge in [0, 0.05) is 0 Å². The van der Waals surface area contributed by atoms with Crippen molar-refractivity contribution in [2.75, 3.05) is 26.4 Å². The number of rotatable bonds is 9. The SMILES string of the molecule is CCCNC(C#N)(COCCOC(C)(C)C)C1CC1. The predicted octanol–water partition coefficient (Wildman–Crippen LogP) is 2.49. The van der Waals surface area contributed by atoms with Gasteiger partial charge >= 0.3 is 0 Å². The van der Waals surface area contributed by atoms with Crippen molar-refractivity contribution in [3.63, 3.8) is 0 Å². The first-order valence-electron chi connectivity index (χ1n) is 7.31. The molecule has 4 heteroatoms. The van der Waals surface area contributed by atoms with Crippen molar-refractivity contribution in [1.82, 2.24) is 5.32 Å². The first-order chi connectivity index (χ1) is 8.93. The highest BCUT2D eigenvalue weighted by Crippen LogP contribution is 2.39. The number of ether oxygens (including phenoxy) is 2. The molecule has 0 aromatic heterocycles. The summed E-state index contributed by atoms with van der Waals surface area (Å²) in [6, 6.07) is 2.44. The first kappa shape index (κ1) is 16.4. The summed E-state index contributed by atoms with van der Waals surface area (Å²) in [6.45, 7) is 10.6. The topological polar surface area (TPSA) is 54.3 Å². The fraction of sp³-hybridized carbons (Fsp3) is 0.933. The van der Waals surface area contributed by atoms with Crippen LogP contribution in [0.25, 0.3) is 0 Å². The van der Waals surface area contributed by atoms with Crippen LogP contribution in [0.15, 0.2) is 0 Å². The van der Waals surface area contributed by atoms with Gasteiger partial charge in [0.05, 0.1) is 31.5 Å². The molecule has 1 aliphatic carbocycles. The fourth-order valence-corrected chi connectivity index (χ4v) is 2.04. The highest BCUT2D eigenvalue weighted by atomic mass is 16.5. The highest BCUT2D eigenvalue weighted by molar-refractivity contribution is 5.15. The quantitative estimate of drug-likeness (QED) is 0.653. The molecule has 0 radical (unpaired) electrons. The standard InChI is InChI=1S/C15H28N2O2/c1-5-8-17-15(11-16,13-6-7-13)12-18-9-10-19-14(2,3)4/h13,17H,5-10,12H2,1-4H3. The van der Waals surface area contributed by atoms with E-state index in [9.17, 15) is 5.26 Å². The monoisotopic (exact) mass is 268 g/mol. The number of nitriles is 1. The summed E-state index contributed by atoms with van der Waals surface area (Å²) >= 11 is 0. The van der Waals surface area contributed by atoms with Crippen LogP contribution in [0.5, 0.6) is 0 Å². The lowest BCUT2D eigenvalue weighted by molar-refractivity contribution is -0.0413. The summed E-state index contributed by atoms with van der Waals surface area (Å²) in [4.78, 5) is 0. The Morgan fingerprint density at radius 1 is 1.26 bits per heavy atom. The molecule has 19 heavy (non-hydrogen) atoms. The third kappa shape index (κ3) is 5.90. The Morgan fingerprint density at radius 2 is 1.95 bits per heavy atom. The number of nitrogens with one attached hydrogen (secondary N) is 1. The molecule has 0 aromatic rings. The molecule has 1 unspecified atom stereocenters. The summed E-state index contributed by atoms with van der Waals surface area (Å²) in [6.07, 6.45) is 3.29. The van der Waals surface area contributed by atoms with Crippen LogP contribution in [0.1, 0.15) is 47.0 Å². The van der Waals surface area contributed by atoms with E-state index in [-0.39, 0.29) is 5.60 Å². The van der Waals surface area contributed by atoms with Crippen LogP contribution in [0.2, 0.25) is 0 Å². The molecule has 0 bridgehead atoms. The fourth-order valence-electron chi connectivity index (χ4n) is 2.04. The average Bonchev–Trinajstić information content (AvgIpc) is 3.16. The molecule has 1 N–H and O–H groups in total. The molecule has 1 aliphatic rings. The molecule has 1 atom stereocenters. The van der Waals surface area contributed by atoms with Crippen molar-refractivity contribution < 1.29 is 9.47 Å². The molecular weight excluding hydrogens is 240 g/mol. The molecule has 0 aliphatic heterocycles. The predicted molar refractivity (Wildman–Crippen MR) is 75.9 cm³/mol. The maximum Gasteiger partial charge on any atom is 0.133 e. The lowest BCUT2D eigenvalue weighted by atomic mass is 9.96. The van der Waals surface area contributed by atoms with E-state index in [4.69, 9.17) is 9.47 Å². The maximum atomic E-state index is 9.48. The van der Waals surface area contributed by atoms with E-state index in [0.29, 0.717) is 25.7 Å². The lowest BCUT2D eigenvalue weighted by Crippen LogP contribution is -2.50. The molecule has 0 heterocycles. The smallest absolute Gasteiger partial charge is 0.133 e. The zero-order chi connectivity index (χ0) is 14.4. The summed E-state index contributed by atoms with van der Waals surface area (Å²) in [5.41, 5.74) is -0.621. The molecule has 110 valence electrons. The molecule has 0 saturated heterocycles. The molecule has 4 nitrogen and oxygen atoms in total. The van der Waals surface area contributed by atoms with Gasteiger partial charge in [-0.2, -0.15) is 5.26 Å². The van der Waals surface area contributed by atoms with E-state index in [1.165, 1.54) is 0 Å². The second-order valence-electron chi connectivity index (χ2n) is 6.30. The van der Waals surface area contributed by atoms with Gasteiger partial charge in [-0.05, 0) is 52.5 Å². The van der Waals surface area contributed by atoms with E-state index in [1.807, 2.05) is 20.8 Å². The van der Waals surface area contributed by atoms with Crippen molar-refractivity contribution in [2.24, 2.45) is 5.92 Å². The van der Waals surface area contributed by atoms with E-state index in [0.717, 1.165) is 25.8 Å². The summed E-state index contributed by atoms with van der Waals surface area (Å²) in [5, 5.41) is 12.9. The average molecular weight is 268 g/mol. The summed E-state index contributed by atoms with van der Waals surface area (Å²) < 4.78 is 11.3. The maximum absolute atomic E-state index is 9.48. The second-order valence-corrected chi connectivity index (χ2v) is 6.30. The van der Waals surface area contributed by atoms with E-state index in [2.05, 4.69) is 18.3 Å². The first-order valence-corrected chi connectivity index (χ1v) is 7.31. The number of hydrogen-bond acceptors (Lipinski definition) is 4. The minimum absolute atomic E-state index is 0.132. The van der Waals surface area contributed by atoms with Crippen LogP contribution in [0.3, 0.4) is 0 Å². The molecule has 1 fully saturated rings. The number of hydrogen-bond donors (Lipinski definition) is 1. The van der Waals surface area contributed by atoms with Gasteiger partial charge in [0.15, 0.2) is 0 Å². The van der Waals surface area contributed by atoms with E-state index in [1.54, 1.807) is 0 Å². The molecule has 0 spiro atoms. The van der Waals surface area contributed by atoms with Crippen LogP contribution in [0, 0.1) is 17.2 Å². The van der Waals surface area contributed by atoms with Gasteiger partial charge in [0.1, 0.15) is 5.54 Å². The lowest BCUT2D eigenvalue weighted by Gasteiger charge is -2.28. The Hall–Kier alpha value is -0.630. The van der Waals surface area contributed by atoms with E-state index < -0.39 is 5.54 Å². The van der Waals surface area contributed by atoms with Gasteiger partial charge in [-0.3, -0.25) is 5.32 Å². The molecule has 0 amide bonds. The van der Waals surface area contributed by atoms with Gasteiger partial charge in [0.2, 0.25) is 0 Å². The van der Waals surface area contributed by atoms with Crippen LogP contribution in [0.4, 0.5) is 0 Å². The summed E-state index contributed by atoms with van der Waals surface area (Å²) in [5.74, 6) is 0.451. The molecule has 1 saturated carbocycles. The van der Waals surface area contributed by atoms with Gasteiger partial charge in [-0.15, -0.1) is 0 Å². The normalized spacial score (nSPS) is 18.9. The Morgan fingerprint density at radius 3 is 2.42 bits per heavy atom. The third-order valence-electron chi connectivity index (χ3n) is 3.26. The minimum Gasteiger partial charge on any atom is -0.376 e. The van der Waals surface area contributed by atoms with Crippen LogP contribution >= 0.6 is 0 Å². The van der Waals surface area contributed by atoms with Crippen molar-refractivity contribution in [2.45, 2.75) is 58.1 Å². The van der Waals surface area contributed by atoms with E-state index >= 15 is 0 Å².